The topological polar surface area (TPSA) is 81.7 Å². The van der Waals surface area contributed by atoms with Gasteiger partial charge in [0, 0.05) is 21.8 Å². The van der Waals surface area contributed by atoms with Crippen LogP contribution in [0.25, 0.3) is 0 Å². The second-order valence-electron chi connectivity index (χ2n) is 9.07. The number of carbonyl (C=O) groups excluding carboxylic acids is 3. The van der Waals surface area contributed by atoms with E-state index in [2.05, 4.69) is 5.32 Å². The molecule has 0 unspecified atom stereocenters. The average molecular weight is 458 g/mol. The summed E-state index contributed by atoms with van der Waals surface area (Å²) >= 11 is 1.50. The zero-order chi connectivity index (χ0) is 22.8. The summed E-state index contributed by atoms with van der Waals surface area (Å²) in [5.74, 6) is -2.72. The Balaban J connectivity index is 1.71. The number of ether oxygens (including phenoxy) is 2. The van der Waals surface area contributed by atoms with Crippen molar-refractivity contribution in [2.45, 2.75) is 70.8 Å². The van der Waals surface area contributed by atoms with Crippen LogP contribution >= 0.6 is 11.3 Å². The molecule has 1 fully saturated rings. The highest BCUT2D eigenvalue weighted by molar-refractivity contribution is 7.10. The number of ketones is 1. The second-order valence-corrected chi connectivity index (χ2v) is 10.0. The van der Waals surface area contributed by atoms with Crippen molar-refractivity contribution in [1.82, 2.24) is 5.32 Å². The quantitative estimate of drug-likeness (QED) is 0.403. The van der Waals surface area contributed by atoms with Crippen LogP contribution in [0.1, 0.15) is 69.6 Å². The molecule has 32 heavy (non-hydrogen) atoms. The van der Waals surface area contributed by atoms with Crippen molar-refractivity contribution in [3.63, 3.8) is 0 Å². The molecule has 4 rings (SSSR count). The Kier molecular flexibility index (Phi) is 6.84. The molecule has 0 spiro atoms. The smallest absolute Gasteiger partial charge is 0.337 e. The van der Waals surface area contributed by atoms with Crippen LogP contribution in [-0.2, 0) is 23.9 Å². The number of Topliss-reactive ketones (excluding diaryl/α,β-unsaturated/α-hetero) is 1. The summed E-state index contributed by atoms with van der Waals surface area (Å²) in [7, 11) is 1.31. The van der Waals surface area contributed by atoms with Gasteiger partial charge in [-0.25, -0.2) is 4.79 Å². The van der Waals surface area contributed by atoms with Crippen LogP contribution in [0, 0.1) is 11.8 Å². The lowest BCUT2D eigenvalue weighted by molar-refractivity contribution is -0.151. The van der Waals surface area contributed by atoms with E-state index >= 15 is 0 Å². The van der Waals surface area contributed by atoms with Gasteiger partial charge in [-0.05, 0) is 56.4 Å². The molecule has 3 aliphatic rings. The van der Waals surface area contributed by atoms with Crippen LogP contribution < -0.4 is 5.32 Å². The second kappa shape index (κ2) is 9.61. The van der Waals surface area contributed by atoms with E-state index in [0.29, 0.717) is 17.6 Å². The summed E-state index contributed by atoms with van der Waals surface area (Å²) in [6, 6.07) is 3.86. The van der Waals surface area contributed by atoms with Crippen LogP contribution in [0.4, 0.5) is 0 Å². The molecule has 1 aliphatic heterocycles. The van der Waals surface area contributed by atoms with Gasteiger partial charge in [0.25, 0.3) is 0 Å². The molecule has 172 valence electrons. The van der Waals surface area contributed by atoms with Gasteiger partial charge in [0.15, 0.2) is 5.78 Å². The summed E-state index contributed by atoms with van der Waals surface area (Å²) in [5.41, 5.74) is 2.49. The van der Waals surface area contributed by atoms with Gasteiger partial charge in [0.1, 0.15) is 12.0 Å². The molecule has 7 heteroatoms. The highest BCUT2D eigenvalue weighted by Gasteiger charge is 2.47. The predicted molar refractivity (Wildman–Crippen MR) is 122 cm³/mol. The molecule has 0 radical (unpaired) electrons. The first-order valence-electron chi connectivity index (χ1n) is 11.5. The molecule has 2 aliphatic carbocycles. The summed E-state index contributed by atoms with van der Waals surface area (Å²) in [6.45, 7) is 3.76. The molecule has 1 N–H and O–H groups in total. The first-order valence-corrected chi connectivity index (χ1v) is 12.4. The maximum atomic E-state index is 13.6. The Morgan fingerprint density at radius 3 is 2.50 bits per heavy atom. The molecule has 1 saturated carbocycles. The SMILES string of the molecule is COC(=O)[C@@H]1C(=O)C2=C(C[C@H]1C)NC(C)=C(C(=O)OC1CCCCCC1)[C@@H]2c1cccs1. The average Bonchev–Trinajstić information content (AvgIpc) is 3.17. The Morgan fingerprint density at radius 1 is 1.16 bits per heavy atom. The molecule has 1 aromatic rings. The molecule has 2 heterocycles. The van der Waals surface area contributed by atoms with Crippen molar-refractivity contribution in [2.75, 3.05) is 7.11 Å². The standard InChI is InChI=1S/C25H31NO5S/c1-14-13-17-21(23(27)19(14)24(28)30-3)22(18-11-8-12-32-18)20(15(2)26-17)25(29)31-16-9-6-4-5-7-10-16/h8,11-12,14,16,19,22,26H,4-7,9-10,13H2,1-3H3/t14-,19+,22+/m1/s1. The summed E-state index contributed by atoms with van der Waals surface area (Å²) in [4.78, 5) is 40.4. The maximum absolute atomic E-state index is 13.6. The minimum Gasteiger partial charge on any atom is -0.468 e. The summed E-state index contributed by atoms with van der Waals surface area (Å²) in [5, 5.41) is 5.26. The fourth-order valence-corrected chi connectivity index (χ4v) is 6.11. The number of methoxy groups -OCH3 is 1. The number of hydrogen-bond donors (Lipinski definition) is 1. The van der Waals surface area contributed by atoms with Crippen molar-refractivity contribution in [2.24, 2.45) is 11.8 Å². The van der Waals surface area contributed by atoms with Gasteiger partial charge in [-0.1, -0.05) is 25.8 Å². The zero-order valence-corrected chi connectivity index (χ0v) is 19.8. The molecule has 0 amide bonds. The molecule has 1 aromatic heterocycles. The molecule has 6 nitrogen and oxygen atoms in total. The third-order valence-corrected chi connectivity index (χ3v) is 7.80. The van der Waals surface area contributed by atoms with Gasteiger partial charge in [-0.3, -0.25) is 9.59 Å². The first kappa shape index (κ1) is 22.8. The van der Waals surface area contributed by atoms with Crippen molar-refractivity contribution >= 4 is 29.1 Å². The molecule has 0 saturated heterocycles. The highest BCUT2D eigenvalue weighted by atomic mass is 32.1. The van der Waals surface area contributed by atoms with Crippen molar-refractivity contribution < 1.29 is 23.9 Å². The first-order chi connectivity index (χ1) is 15.4. The minimum atomic E-state index is -0.861. The van der Waals surface area contributed by atoms with Gasteiger partial charge in [0.05, 0.1) is 18.6 Å². The van der Waals surface area contributed by atoms with E-state index in [-0.39, 0.29) is 23.8 Å². The van der Waals surface area contributed by atoms with E-state index in [4.69, 9.17) is 9.47 Å². The Labute approximate surface area is 193 Å². The van der Waals surface area contributed by atoms with Crippen LogP contribution in [0.5, 0.6) is 0 Å². The van der Waals surface area contributed by atoms with E-state index < -0.39 is 17.8 Å². The van der Waals surface area contributed by atoms with E-state index in [9.17, 15) is 14.4 Å². The number of hydrogen-bond acceptors (Lipinski definition) is 7. The van der Waals surface area contributed by atoms with Crippen molar-refractivity contribution in [3.05, 3.63) is 44.9 Å². The summed E-state index contributed by atoms with van der Waals surface area (Å²) < 4.78 is 10.9. The van der Waals surface area contributed by atoms with Crippen LogP contribution in [-0.4, -0.2) is 30.9 Å². The van der Waals surface area contributed by atoms with Gasteiger partial charge in [-0.15, -0.1) is 11.3 Å². The highest BCUT2D eigenvalue weighted by Crippen LogP contribution is 2.46. The van der Waals surface area contributed by atoms with Crippen molar-refractivity contribution in [1.29, 1.82) is 0 Å². The third-order valence-electron chi connectivity index (χ3n) is 6.87. The lowest BCUT2D eigenvalue weighted by Crippen LogP contribution is -2.43. The number of thiophene rings is 1. The number of esters is 2. The number of allylic oxidation sites excluding steroid dienone is 3. The number of carbonyl (C=O) groups is 3. The van der Waals surface area contributed by atoms with E-state index in [1.54, 1.807) is 0 Å². The number of rotatable bonds is 4. The maximum Gasteiger partial charge on any atom is 0.337 e. The third kappa shape index (κ3) is 4.27. The lowest BCUT2D eigenvalue weighted by Gasteiger charge is -2.38. The zero-order valence-electron chi connectivity index (χ0n) is 18.9. The number of nitrogens with one attached hydrogen (secondary N) is 1. The molecular formula is C25H31NO5S. The Bertz CT molecular complexity index is 953. The Morgan fingerprint density at radius 2 is 1.88 bits per heavy atom. The minimum absolute atomic E-state index is 0.0884. The van der Waals surface area contributed by atoms with Crippen molar-refractivity contribution in [3.8, 4) is 0 Å². The normalized spacial score (nSPS) is 26.8. The van der Waals surface area contributed by atoms with Gasteiger partial charge in [0.2, 0.25) is 0 Å². The van der Waals surface area contributed by atoms with Gasteiger partial charge >= 0.3 is 11.9 Å². The lowest BCUT2D eigenvalue weighted by atomic mass is 9.70. The largest absolute Gasteiger partial charge is 0.468 e. The van der Waals surface area contributed by atoms with Crippen LogP contribution in [0.3, 0.4) is 0 Å². The molecule has 0 aromatic carbocycles. The van der Waals surface area contributed by atoms with E-state index in [0.717, 1.165) is 42.0 Å². The fourth-order valence-electron chi connectivity index (χ4n) is 5.27. The molecule has 3 atom stereocenters. The van der Waals surface area contributed by atoms with Crippen LogP contribution in [0.15, 0.2) is 40.1 Å². The molecule has 0 bridgehead atoms. The van der Waals surface area contributed by atoms with Gasteiger partial charge in [-0.2, -0.15) is 0 Å². The van der Waals surface area contributed by atoms with Gasteiger partial charge < -0.3 is 14.8 Å². The Hall–Kier alpha value is -2.41. The van der Waals surface area contributed by atoms with E-state index in [1.807, 2.05) is 31.4 Å². The number of dihydropyridines is 1. The predicted octanol–water partition coefficient (Wildman–Crippen LogP) is 4.63. The molecular weight excluding hydrogens is 426 g/mol. The van der Waals surface area contributed by atoms with E-state index in [1.165, 1.54) is 31.3 Å². The summed E-state index contributed by atoms with van der Waals surface area (Å²) in [6.07, 6.45) is 6.69. The monoisotopic (exact) mass is 457 g/mol. The fraction of sp³-hybridized carbons (Fsp3) is 0.560. The van der Waals surface area contributed by atoms with Crippen LogP contribution in [0.2, 0.25) is 0 Å².